The minimum Gasteiger partial charge on any atom is -0.337 e. The second-order valence-electron chi connectivity index (χ2n) is 8.26. The van der Waals surface area contributed by atoms with E-state index < -0.39 is 5.69 Å². The number of carbonyl (C=O) groups excluding carboxylic acids is 1. The summed E-state index contributed by atoms with van der Waals surface area (Å²) in [6.45, 7) is 4.70. The summed E-state index contributed by atoms with van der Waals surface area (Å²) in [7, 11) is 0. The van der Waals surface area contributed by atoms with Crippen LogP contribution in [-0.4, -0.2) is 26.5 Å². The normalized spacial score (nSPS) is 13.4. The van der Waals surface area contributed by atoms with Gasteiger partial charge in [0.1, 0.15) is 4.83 Å². The molecule has 0 unspecified atom stereocenters. The van der Waals surface area contributed by atoms with Crippen LogP contribution in [0.25, 0.3) is 15.9 Å². The zero-order valence-electron chi connectivity index (χ0n) is 18.3. The van der Waals surface area contributed by atoms with Crippen LogP contribution < -0.4 is 11.2 Å². The molecule has 33 heavy (non-hydrogen) atoms. The maximum absolute atomic E-state index is 13.8. The molecular formula is C25H22ClN3O3S. The molecule has 3 heterocycles. The highest BCUT2D eigenvalue weighted by atomic mass is 35.5. The summed E-state index contributed by atoms with van der Waals surface area (Å²) >= 11 is 7.84. The van der Waals surface area contributed by atoms with Crippen molar-refractivity contribution in [2.24, 2.45) is 0 Å². The van der Waals surface area contributed by atoms with Gasteiger partial charge in [0.05, 0.1) is 24.2 Å². The highest BCUT2D eigenvalue weighted by Gasteiger charge is 2.28. The van der Waals surface area contributed by atoms with Crippen molar-refractivity contribution in [3.05, 3.63) is 96.0 Å². The van der Waals surface area contributed by atoms with Crippen LogP contribution in [0.2, 0.25) is 5.02 Å². The van der Waals surface area contributed by atoms with Crippen molar-refractivity contribution < 1.29 is 4.79 Å². The number of benzene rings is 2. The molecule has 168 valence electrons. The number of para-hydroxylation sites is 1. The second-order valence-corrected chi connectivity index (χ2v) is 9.75. The molecule has 1 amide bonds. The SMILES string of the molecule is CC(=O)N1CCc2c(sc3c2c(=O)n(-c2ccccc2C)c(=O)n3Cc2ccccc2Cl)C1. The van der Waals surface area contributed by atoms with Crippen LogP contribution in [0.5, 0.6) is 0 Å². The topological polar surface area (TPSA) is 64.3 Å². The summed E-state index contributed by atoms with van der Waals surface area (Å²) < 4.78 is 2.92. The van der Waals surface area contributed by atoms with Crippen molar-refractivity contribution >= 4 is 39.1 Å². The lowest BCUT2D eigenvalue weighted by molar-refractivity contribution is -0.129. The Labute approximate surface area is 199 Å². The Bertz CT molecular complexity index is 1530. The van der Waals surface area contributed by atoms with Gasteiger partial charge in [0.25, 0.3) is 5.56 Å². The minimum atomic E-state index is -0.399. The number of aromatic nitrogens is 2. The third-order valence-corrected chi connectivity index (χ3v) is 7.82. The molecular weight excluding hydrogens is 458 g/mol. The van der Waals surface area contributed by atoms with Gasteiger partial charge in [-0.2, -0.15) is 0 Å². The third kappa shape index (κ3) is 3.61. The molecule has 4 aromatic rings. The van der Waals surface area contributed by atoms with Crippen LogP contribution in [0, 0.1) is 6.92 Å². The average Bonchev–Trinajstić information content (AvgIpc) is 3.18. The zero-order chi connectivity index (χ0) is 23.3. The number of carbonyl (C=O) groups is 1. The predicted molar refractivity (Wildman–Crippen MR) is 132 cm³/mol. The van der Waals surface area contributed by atoms with Crippen molar-refractivity contribution in [3.63, 3.8) is 0 Å². The third-order valence-electron chi connectivity index (χ3n) is 6.21. The van der Waals surface area contributed by atoms with E-state index in [9.17, 15) is 14.4 Å². The lowest BCUT2D eigenvalue weighted by Gasteiger charge is -2.25. The van der Waals surface area contributed by atoms with Gasteiger partial charge in [0.2, 0.25) is 5.91 Å². The average molecular weight is 480 g/mol. The Morgan fingerprint density at radius 3 is 2.55 bits per heavy atom. The molecule has 0 aliphatic carbocycles. The Morgan fingerprint density at radius 2 is 1.82 bits per heavy atom. The molecule has 5 rings (SSSR count). The van der Waals surface area contributed by atoms with E-state index in [1.54, 1.807) is 28.5 Å². The highest BCUT2D eigenvalue weighted by Crippen LogP contribution is 2.34. The Kier molecular flexibility index (Phi) is 5.46. The van der Waals surface area contributed by atoms with Gasteiger partial charge in [-0.25, -0.2) is 9.36 Å². The number of rotatable bonds is 3. The Hall–Kier alpha value is -3.16. The number of fused-ring (bicyclic) bond motifs is 3. The summed E-state index contributed by atoms with van der Waals surface area (Å²) in [6, 6.07) is 14.8. The molecule has 0 fully saturated rings. The highest BCUT2D eigenvalue weighted by molar-refractivity contribution is 7.18. The van der Waals surface area contributed by atoms with Gasteiger partial charge < -0.3 is 4.90 Å². The number of nitrogens with zero attached hydrogens (tertiary/aromatic N) is 3. The smallest absolute Gasteiger partial charge is 0.337 e. The second kappa shape index (κ2) is 8.32. The fraction of sp³-hybridized carbons (Fsp3) is 0.240. The van der Waals surface area contributed by atoms with E-state index in [-0.39, 0.29) is 18.0 Å². The molecule has 0 saturated carbocycles. The van der Waals surface area contributed by atoms with E-state index >= 15 is 0 Å². The van der Waals surface area contributed by atoms with Gasteiger partial charge in [-0.3, -0.25) is 14.2 Å². The quantitative estimate of drug-likeness (QED) is 0.444. The number of aryl methyl sites for hydroxylation is 1. The van der Waals surface area contributed by atoms with Gasteiger partial charge >= 0.3 is 5.69 Å². The summed E-state index contributed by atoms with van der Waals surface area (Å²) in [5.74, 6) is 0.00360. The summed E-state index contributed by atoms with van der Waals surface area (Å²) in [5, 5.41) is 1.13. The van der Waals surface area contributed by atoms with Crippen LogP contribution in [0.3, 0.4) is 0 Å². The summed E-state index contributed by atoms with van der Waals surface area (Å²) in [6.07, 6.45) is 0.586. The van der Waals surface area contributed by atoms with Gasteiger partial charge in [0.15, 0.2) is 0 Å². The van der Waals surface area contributed by atoms with Gasteiger partial charge in [-0.1, -0.05) is 48.0 Å². The Morgan fingerprint density at radius 1 is 1.09 bits per heavy atom. The standard InChI is InChI=1S/C25H22ClN3O3S/c1-15-7-3-6-10-20(15)29-23(31)22-18-11-12-27(16(2)30)14-21(18)33-24(22)28(25(29)32)13-17-8-4-5-9-19(17)26/h3-10H,11-14H2,1-2H3. The first-order chi connectivity index (χ1) is 15.9. The number of hydrogen-bond acceptors (Lipinski definition) is 4. The fourth-order valence-electron chi connectivity index (χ4n) is 4.44. The van der Waals surface area contributed by atoms with E-state index in [1.165, 1.54) is 15.9 Å². The maximum Gasteiger partial charge on any atom is 0.337 e. The van der Waals surface area contributed by atoms with Crippen molar-refractivity contribution in [1.82, 2.24) is 14.0 Å². The van der Waals surface area contributed by atoms with Gasteiger partial charge in [-0.15, -0.1) is 11.3 Å². The minimum absolute atomic E-state index is 0.00360. The molecule has 2 aromatic heterocycles. The molecule has 0 atom stereocenters. The molecule has 0 N–H and O–H groups in total. The maximum atomic E-state index is 13.8. The van der Waals surface area contributed by atoms with Crippen LogP contribution in [-0.2, 0) is 24.3 Å². The van der Waals surface area contributed by atoms with Crippen LogP contribution in [0.1, 0.15) is 28.5 Å². The van der Waals surface area contributed by atoms with Crippen LogP contribution in [0.15, 0.2) is 58.1 Å². The zero-order valence-corrected chi connectivity index (χ0v) is 19.9. The molecule has 0 spiro atoms. The predicted octanol–water partition coefficient (Wildman–Crippen LogP) is 4.13. The largest absolute Gasteiger partial charge is 0.337 e. The molecule has 6 nitrogen and oxygen atoms in total. The fourth-order valence-corrected chi connectivity index (χ4v) is 5.98. The lowest BCUT2D eigenvalue weighted by Crippen LogP contribution is -2.39. The van der Waals surface area contributed by atoms with Crippen LogP contribution >= 0.6 is 22.9 Å². The van der Waals surface area contributed by atoms with E-state index in [1.807, 2.05) is 43.3 Å². The first kappa shape index (κ1) is 21.7. The molecule has 8 heteroatoms. The van der Waals surface area contributed by atoms with Gasteiger partial charge in [0, 0.05) is 23.4 Å². The van der Waals surface area contributed by atoms with E-state index in [2.05, 4.69) is 0 Å². The summed E-state index contributed by atoms with van der Waals surface area (Å²) in [4.78, 5) is 42.9. The van der Waals surface area contributed by atoms with Gasteiger partial charge in [-0.05, 0) is 42.2 Å². The number of hydrogen-bond donors (Lipinski definition) is 0. The number of halogens is 1. The molecule has 0 radical (unpaired) electrons. The van der Waals surface area contributed by atoms with Crippen molar-refractivity contribution in [1.29, 1.82) is 0 Å². The first-order valence-corrected chi connectivity index (χ1v) is 11.9. The molecule has 0 bridgehead atoms. The molecule has 0 saturated heterocycles. The number of thiophene rings is 1. The number of amides is 1. The first-order valence-electron chi connectivity index (χ1n) is 10.7. The molecule has 2 aromatic carbocycles. The summed E-state index contributed by atoms with van der Waals surface area (Å²) in [5.41, 5.74) is 2.44. The van der Waals surface area contributed by atoms with E-state index in [0.717, 1.165) is 21.6 Å². The molecule has 1 aliphatic rings. The lowest BCUT2D eigenvalue weighted by atomic mass is 10.1. The molecule has 1 aliphatic heterocycles. The van der Waals surface area contributed by atoms with E-state index in [4.69, 9.17) is 11.6 Å². The van der Waals surface area contributed by atoms with Crippen molar-refractivity contribution in [3.8, 4) is 5.69 Å². The van der Waals surface area contributed by atoms with E-state index in [0.29, 0.717) is 40.4 Å². The van der Waals surface area contributed by atoms with Crippen molar-refractivity contribution in [2.45, 2.75) is 33.4 Å². The van der Waals surface area contributed by atoms with Crippen LogP contribution in [0.4, 0.5) is 0 Å². The monoisotopic (exact) mass is 479 g/mol. The Balaban J connectivity index is 1.83. The van der Waals surface area contributed by atoms with Crippen molar-refractivity contribution in [2.75, 3.05) is 6.54 Å².